The Labute approximate surface area is 85.6 Å². The Bertz CT molecular complexity index is 298. The monoisotopic (exact) mass is 218 g/mol. The molecule has 0 aromatic rings. The smallest absolute Gasteiger partial charge is 0.151 e. The van der Waals surface area contributed by atoms with Gasteiger partial charge in [-0.1, -0.05) is 0 Å². The highest BCUT2D eigenvalue weighted by Gasteiger charge is 2.32. The molecule has 2 aliphatic rings. The summed E-state index contributed by atoms with van der Waals surface area (Å²) in [5.41, 5.74) is 0. The molecule has 0 spiro atoms. The molecule has 0 amide bonds. The van der Waals surface area contributed by atoms with Gasteiger partial charge in [0.05, 0.1) is 11.5 Å². The van der Waals surface area contributed by atoms with Gasteiger partial charge in [-0.3, -0.25) is 4.90 Å². The van der Waals surface area contributed by atoms with E-state index in [-0.39, 0.29) is 0 Å². The lowest BCUT2D eigenvalue weighted by Crippen LogP contribution is -2.59. The zero-order valence-electron chi connectivity index (χ0n) is 8.57. The maximum atomic E-state index is 11.4. The molecular weight excluding hydrogens is 200 g/mol. The molecule has 1 atom stereocenters. The zero-order chi connectivity index (χ0) is 10.2. The first-order chi connectivity index (χ1) is 6.58. The predicted octanol–water partition coefficient (Wildman–Crippen LogP) is -0.533. The molecule has 0 aromatic carbocycles. The van der Waals surface area contributed by atoms with Crippen molar-refractivity contribution < 1.29 is 8.42 Å². The van der Waals surface area contributed by atoms with Crippen molar-refractivity contribution in [2.75, 3.05) is 31.1 Å². The molecule has 4 nitrogen and oxygen atoms in total. The molecule has 0 aliphatic carbocycles. The third-order valence-corrected chi connectivity index (χ3v) is 4.96. The summed E-state index contributed by atoms with van der Waals surface area (Å²) >= 11 is 0. The van der Waals surface area contributed by atoms with Crippen molar-refractivity contribution in [1.82, 2.24) is 10.2 Å². The van der Waals surface area contributed by atoms with Gasteiger partial charge in [-0.25, -0.2) is 8.42 Å². The van der Waals surface area contributed by atoms with E-state index in [1.54, 1.807) is 0 Å². The van der Waals surface area contributed by atoms with Crippen LogP contribution in [0.3, 0.4) is 0 Å². The van der Waals surface area contributed by atoms with Crippen LogP contribution in [-0.4, -0.2) is 56.5 Å². The fourth-order valence-corrected chi connectivity index (χ4v) is 3.53. The van der Waals surface area contributed by atoms with E-state index >= 15 is 0 Å². The second kappa shape index (κ2) is 3.79. The molecule has 1 unspecified atom stereocenters. The Hall–Kier alpha value is -0.130. The lowest BCUT2D eigenvalue weighted by molar-refractivity contribution is 0.111. The van der Waals surface area contributed by atoms with Crippen LogP contribution in [0.1, 0.15) is 13.3 Å². The molecule has 2 saturated heterocycles. The predicted molar refractivity (Wildman–Crippen MR) is 56.1 cm³/mol. The fourth-order valence-electron chi connectivity index (χ4n) is 2.13. The summed E-state index contributed by atoms with van der Waals surface area (Å²) in [6.45, 7) is 4.89. The maximum Gasteiger partial charge on any atom is 0.151 e. The number of hydrogen-bond donors (Lipinski definition) is 1. The Balaban J connectivity index is 2.03. The molecule has 0 bridgehead atoms. The topological polar surface area (TPSA) is 49.4 Å². The standard InChI is InChI=1S/C9H18N2O2S/c1-8-2-4-14(12,13)5-3-11(8)9-6-10-7-9/h8-10H,2-7H2,1H3. The molecule has 1 N–H and O–H groups in total. The third kappa shape index (κ3) is 2.10. The number of sulfone groups is 1. The van der Waals surface area contributed by atoms with Crippen LogP contribution in [0.25, 0.3) is 0 Å². The van der Waals surface area contributed by atoms with Crippen LogP contribution in [-0.2, 0) is 9.84 Å². The molecule has 0 saturated carbocycles. The second-order valence-corrected chi connectivity index (χ2v) is 6.64. The van der Waals surface area contributed by atoms with Crippen molar-refractivity contribution in [2.24, 2.45) is 0 Å². The summed E-state index contributed by atoms with van der Waals surface area (Å²) in [7, 11) is -2.76. The highest BCUT2D eigenvalue weighted by molar-refractivity contribution is 7.91. The van der Waals surface area contributed by atoms with Gasteiger partial charge in [0, 0.05) is 31.7 Å². The van der Waals surface area contributed by atoms with Crippen molar-refractivity contribution >= 4 is 9.84 Å². The van der Waals surface area contributed by atoms with E-state index in [2.05, 4.69) is 17.1 Å². The van der Waals surface area contributed by atoms with E-state index in [1.807, 2.05) is 0 Å². The van der Waals surface area contributed by atoms with Crippen LogP contribution >= 0.6 is 0 Å². The van der Waals surface area contributed by atoms with Crippen molar-refractivity contribution in [3.8, 4) is 0 Å². The highest BCUT2D eigenvalue weighted by atomic mass is 32.2. The van der Waals surface area contributed by atoms with Gasteiger partial charge in [0.2, 0.25) is 0 Å². The van der Waals surface area contributed by atoms with Gasteiger partial charge in [-0.05, 0) is 13.3 Å². The minimum absolute atomic E-state index is 0.341. The maximum absolute atomic E-state index is 11.4. The number of nitrogens with one attached hydrogen (secondary N) is 1. The molecule has 82 valence electrons. The van der Waals surface area contributed by atoms with Crippen LogP contribution in [0.15, 0.2) is 0 Å². The zero-order valence-corrected chi connectivity index (χ0v) is 9.39. The molecule has 2 rings (SSSR count). The Morgan fingerprint density at radius 2 is 2.00 bits per heavy atom. The van der Waals surface area contributed by atoms with E-state index in [0.29, 0.717) is 23.6 Å². The normalized spacial score (nSPS) is 34.8. The summed E-state index contributed by atoms with van der Waals surface area (Å²) in [6, 6.07) is 0.984. The van der Waals surface area contributed by atoms with Crippen LogP contribution in [0, 0.1) is 0 Å². The molecule has 2 heterocycles. The van der Waals surface area contributed by atoms with Gasteiger partial charge in [0.1, 0.15) is 0 Å². The van der Waals surface area contributed by atoms with Crippen LogP contribution in [0.4, 0.5) is 0 Å². The average molecular weight is 218 g/mol. The molecule has 14 heavy (non-hydrogen) atoms. The van der Waals surface area contributed by atoms with Crippen molar-refractivity contribution in [2.45, 2.75) is 25.4 Å². The van der Waals surface area contributed by atoms with Gasteiger partial charge in [-0.15, -0.1) is 0 Å². The van der Waals surface area contributed by atoms with Gasteiger partial charge in [0.25, 0.3) is 0 Å². The first-order valence-electron chi connectivity index (χ1n) is 5.25. The Morgan fingerprint density at radius 3 is 2.57 bits per heavy atom. The van der Waals surface area contributed by atoms with Gasteiger partial charge >= 0.3 is 0 Å². The van der Waals surface area contributed by atoms with Crippen molar-refractivity contribution in [3.05, 3.63) is 0 Å². The average Bonchev–Trinajstić information content (AvgIpc) is 2.14. The largest absolute Gasteiger partial charge is 0.314 e. The highest BCUT2D eigenvalue weighted by Crippen LogP contribution is 2.17. The Morgan fingerprint density at radius 1 is 1.29 bits per heavy atom. The first-order valence-corrected chi connectivity index (χ1v) is 7.07. The van der Waals surface area contributed by atoms with E-state index in [0.717, 1.165) is 26.1 Å². The first kappa shape index (κ1) is 10.4. The molecule has 2 aliphatic heterocycles. The summed E-state index contributed by atoms with van der Waals surface area (Å²) in [6.07, 6.45) is 0.791. The summed E-state index contributed by atoms with van der Waals surface area (Å²) in [4.78, 5) is 2.35. The summed E-state index contributed by atoms with van der Waals surface area (Å²) in [5.74, 6) is 0.707. The third-order valence-electron chi connectivity index (χ3n) is 3.30. The lowest BCUT2D eigenvalue weighted by atomic mass is 10.1. The molecule has 5 heteroatoms. The number of nitrogens with zero attached hydrogens (tertiary/aromatic N) is 1. The van der Waals surface area contributed by atoms with Gasteiger partial charge < -0.3 is 5.32 Å². The fraction of sp³-hybridized carbons (Fsp3) is 1.00. The number of hydrogen-bond acceptors (Lipinski definition) is 4. The SMILES string of the molecule is CC1CCS(=O)(=O)CCN1C1CNC1. The summed E-state index contributed by atoms with van der Waals surface area (Å²) in [5, 5.41) is 3.23. The number of rotatable bonds is 1. The van der Waals surface area contributed by atoms with Gasteiger partial charge in [-0.2, -0.15) is 0 Å². The summed E-state index contributed by atoms with van der Waals surface area (Å²) < 4.78 is 22.9. The van der Waals surface area contributed by atoms with E-state index in [1.165, 1.54) is 0 Å². The van der Waals surface area contributed by atoms with Crippen LogP contribution in [0.5, 0.6) is 0 Å². The minimum atomic E-state index is -2.76. The molecule has 0 aromatic heterocycles. The van der Waals surface area contributed by atoms with E-state index in [4.69, 9.17) is 0 Å². The van der Waals surface area contributed by atoms with Crippen LogP contribution < -0.4 is 5.32 Å². The lowest BCUT2D eigenvalue weighted by Gasteiger charge is -2.40. The van der Waals surface area contributed by atoms with Crippen molar-refractivity contribution in [3.63, 3.8) is 0 Å². The van der Waals surface area contributed by atoms with Crippen LogP contribution in [0.2, 0.25) is 0 Å². The van der Waals surface area contributed by atoms with E-state index in [9.17, 15) is 8.42 Å². The quantitative estimate of drug-likeness (QED) is 0.642. The molecular formula is C9H18N2O2S. The molecule has 0 radical (unpaired) electrons. The Kier molecular flexibility index (Phi) is 2.81. The van der Waals surface area contributed by atoms with E-state index < -0.39 is 9.84 Å². The minimum Gasteiger partial charge on any atom is -0.314 e. The van der Waals surface area contributed by atoms with Crippen molar-refractivity contribution in [1.29, 1.82) is 0 Å². The van der Waals surface area contributed by atoms with Gasteiger partial charge in [0.15, 0.2) is 9.84 Å². The second-order valence-electron chi connectivity index (χ2n) is 4.34. The molecule has 2 fully saturated rings.